The van der Waals surface area contributed by atoms with Gasteiger partial charge in [0.05, 0.1) is 13.2 Å². The summed E-state index contributed by atoms with van der Waals surface area (Å²) in [4.78, 5) is 0. The molecule has 100 valence electrons. The third-order valence-corrected chi connectivity index (χ3v) is 3.32. The van der Waals surface area contributed by atoms with Crippen LogP contribution in [0.1, 0.15) is 28.4 Å². The van der Waals surface area contributed by atoms with Gasteiger partial charge in [-0.1, -0.05) is 35.9 Å². The van der Waals surface area contributed by atoms with E-state index in [-0.39, 0.29) is 0 Å². The molecule has 0 aliphatic carbocycles. The Morgan fingerprint density at radius 2 is 1.89 bits per heavy atom. The van der Waals surface area contributed by atoms with Gasteiger partial charge in [-0.15, -0.1) is 0 Å². The number of hydrogen-bond acceptors (Lipinski definition) is 2. The van der Waals surface area contributed by atoms with E-state index in [4.69, 9.17) is 4.74 Å². The van der Waals surface area contributed by atoms with Crippen molar-refractivity contribution in [3.8, 4) is 5.75 Å². The Morgan fingerprint density at radius 1 is 1.11 bits per heavy atom. The van der Waals surface area contributed by atoms with Gasteiger partial charge in [-0.2, -0.15) is 0 Å². The highest BCUT2D eigenvalue weighted by molar-refractivity contribution is 5.37. The zero-order chi connectivity index (χ0) is 13.8. The van der Waals surface area contributed by atoms with Gasteiger partial charge in [-0.05, 0) is 42.7 Å². The molecule has 0 saturated heterocycles. The van der Waals surface area contributed by atoms with E-state index in [0.29, 0.717) is 6.42 Å². The molecular formula is C17H20O2. The van der Waals surface area contributed by atoms with Gasteiger partial charge in [0.15, 0.2) is 0 Å². The van der Waals surface area contributed by atoms with Gasteiger partial charge in [-0.3, -0.25) is 0 Å². The summed E-state index contributed by atoms with van der Waals surface area (Å²) in [5.41, 5.74) is 4.35. The first-order valence-corrected chi connectivity index (χ1v) is 6.48. The molecule has 0 aliphatic heterocycles. The second-order valence-electron chi connectivity index (χ2n) is 4.94. The average Bonchev–Trinajstić information content (AvgIpc) is 2.38. The molecule has 0 spiro atoms. The summed E-state index contributed by atoms with van der Waals surface area (Å²) in [5, 5.41) is 10.3. The van der Waals surface area contributed by atoms with Crippen LogP contribution in [-0.2, 0) is 6.42 Å². The van der Waals surface area contributed by atoms with Crippen LogP contribution in [0.5, 0.6) is 5.75 Å². The molecule has 0 aliphatic rings. The number of aliphatic hydroxyl groups excluding tert-OH is 1. The molecule has 19 heavy (non-hydrogen) atoms. The van der Waals surface area contributed by atoms with E-state index in [1.165, 1.54) is 5.56 Å². The first kappa shape index (κ1) is 13.6. The standard InChI is InChI=1S/C17H20O2/c1-12-5-4-6-14(9-12)11-16(18)15-7-8-17(19-3)13(2)10-15/h4-10,16,18H,11H2,1-3H3. The van der Waals surface area contributed by atoms with Gasteiger partial charge in [-0.25, -0.2) is 0 Å². The zero-order valence-electron chi connectivity index (χ0n) is 11.7. The molecule has 0 fully saturated rings. The van der Waals surface area contributed by atoms with Crippen LogP contribution in [0.4, 0.5) is 0 Å². The SMILES string of the molecule is COc1ccc(C(O)Cc2cccc(C)c2)cc1C. The van der Waals surface area contributed by atoms with Gasteiger partial charge in [0.1, 0.15) is 5.75 Å². The van der Waals surface area contributed by atoms with Crippen LogP contribution in [0, 0.1) is 13.8 Å². The second kappa shape index (κ2) is 5.89. The van der Waals surface area contributed by atoms with Crippen molar-refractivity contribution in [3.63, 3.8) is 0 Å². The molecule has 0 saturated carbocycles. The number of aryl methyl sites for hydroxylation is 2. The van der Waals surface area contributed by atoms with E-state index in [9.17, 15) is 5.11 Å². The van der Waals surface area contributed by atoms with E-state index in [2.05, 4.69) is 19.1 Å². The lowest BCUT2D eigenvalue weighted by Gasteiger charge is -2.14. The molecule has 0 bridgehead atoms. The largest absolute Gasteiger partial charge is 0.496 e. The van der Waals surface area contributed by atoms with Gasteiger partial charge in [0.25, 0.3) is 0 Å². The monoisotopic (exact) mass is 256 g/mol. The predicted molar refractivity (Wildman–Crippen MR) is 77.6 cm³/mol. The smallest absolute Gasteiger partial charge is 0.121 e. The minimum atomic E-state index is -0.480. The third kappa shape index (κ3) is 3.36. The highest BCUT2D eigenvalue weighted by Gasteiger charge is 2.10. The summed E-state index contributed by atoms with van der Waals surface area (Å²) in [7, 11) is 1.66. The first-order valence-electron chi connectivity index (χ1n) is 6.48. The highest BCUT2D eigenvalue weighted by Crippen LogP contribution is 2.24. The van der Waals surface area contributed by atoms with Crippen molar-refractivity contribution in [3.05, 3.63) is 64.7 Å². The molecule has 0 aromatic heterocycles. The maximum absolute atomic E-state index is 10.3. The van der Waals surface area contributed by atoms with Gasteiger partial charge in [0.2, 0.25) is 0 Å². The second-order valence-corrected chi connectivity index (χ2v) is 4.94. The van der Waals surface area contributed by atoms with E-state index in [0.717, 1.165) is 22.4 Å². The summed E-state index contributed by atoms with van der Waals surface area (Å²) >= 11 is 0. The zero-order valence-corrected chi connectivity index (χ0v) is 11.7. The summed E-state index contributed by atoms with van der Waals surface area (Å²) in [6, 6.07) is 14.1. The molecule has 2 aromatic carbocycles. The summed E-state index contributed by atoms with van der Waals surface area (Å²) in [5.74, 6) is 0.853. The number of aliphatic hydroxyl groups is 1. The van der Waals surface area contributed by atoms with Crippen LogP contribution in [-0.4, -0.2) is 12.2 Å². The Bertz CT molecular complexity index is 561. The lowest BCUT2D eigenvalue weighted by atomic mass is 9.99. The van der Waals surface area contributed by atoms with Crippen molar-refractivity contribution >= 4 is 0 Å². The molecule has 2 aromatic rings. The molecule has 0 heterocycles. The number of hydrogen-bond donors (Lipinski definition) is 1. The first-order chi connectivity index (χ1) is 9.10. The molecule has 2 heteroatoms. The lowest BCUT2D eigenvalue weighted by molar-refractivity contribution is 0.178. The molecule has 0 amide bonds. The Balaban J connectivity index is 2.15. The van der Waals surface area contributed by atoms with E-state index >= 15 is 0 Å². The minimum Gasteiger partial charge on any atom is -0.496 e. The Hall–Kier alpha value is -1.80. The van der Waals surface area contributed by atoms with Crippen molar-refractivity contribution in [1.29, 1.82) is 0 Å². The lowest BCUT2D eigenvalue weighted by Crippen LogP contribution is -2.02. The number of methoxy groups -OCH3 is 1. The molecule has 2 rings (SSSR count). The molecule has 0 radical (unpaired) electrons. The minimum absolute atomic E-state index is 0.480. The summed E-state index contributed by atoms with van der Waals surface area (Å²) in [6.07, 6.45) is 0.152. The molecule has 1 N–H and O–H groups in total. The molecular weight excluding hydrogens is 236 g/mol. The van der Waals surface area contributed by atoms with Crippen LogP contribution in [0.15, 0.2) is 42.5 Å². The topological polar surface area (TPSA) is 29.5 Å². The van der Waals surface area contributed by atoms with Crippen molar-refractivity contribution in [2.45, 2.75) is 26.4 Å². The Kier molecular flexibility index (Phi) is 4.23. The van der Waals surface area contributed by atoms with Crippen molar-refractivity contribution < 1.29 is 9.84 Å². The Labute approximate surface area is 114 Å². The van der Waals surface area contributed by atoms with Crippen LogP contribution in [0.2, 0.25) is 0 Å². The fraction of sp³-hybridized carbons (Fsp3) is 0.294. The number of ether oxygens (including phenoxy) is 1. The maximum Gasteiger partial charge on any atom is 0.121 e. The van der Waals surface area contributed by atoms with Gasteiger partial charge < -0.3 is 9.84 Å². The normalized spacial score (nSPS) is 12.2. The van der Waals surface area contributed by atoms with Gasteiger partial charge in [0, 0.05) is 6.42 Å². The molecule has 1 atom stereocenters. The quantitative estimate of drug-likeness (QED) is 0.906. The van der Waals surface area contributed by atoms with Gasteiger partial charge >= 0.3 is 0 Å². The van der Waals surface area contributed by atoms with Crippen LogP contribution in [0.25, 0.3) is 0 Å². The average molecular weight is 256 g/mol. The fourth-order valence-electron chi connectivity index (χ4n) is 2.29. The summed E-state index contributed by atoms with van der Waals surface area (Å²) in [6.45, 7) is 4.05. The van der Waals surface area contributed by atoms with E-state index in [1.807, 2.05) is 37.3 Å². The van der Waals surface area contributed by atoms with Crippen LogP contribution < -0.4 is 4.74 Å². The fourth-order valence-corrected chi connectivity index (χ4v) is 2.29. The van der Waals surface area contributed by atoms with E-state index < -0.39 is 6.10 Å². The number of rotatable bonds is 4. The van der Waals surface area contributed by atoms with Crippen molar-refractivity contribution in [2.24, 2.45) is 0 Å². The third-order valence-electron chi connectivity index (χ3n) is 3.32. The van der Waals surface area contributed by atoms with Crippen molar-refractivity contribution in [1.82, 2.24) is 0 Å². The van der Waals surface area contributed by atoms with Crippen LogP contribution >= 0.6 is 0 Å². The maximum atomic E-state index is 10.3. The van der Waals surface area contributed by atoms with Crippen LogP contribution in [0.3, 0.4) is 0 Å². The van der Waals surface area contributed by atoms with Crippen molar-refractivity contribution in [2.75, 3.05) is 7.11 Å². The Morgan fingerprint density at radius 3 is 2.53 bits per heavy atom. The summed E-state index contributed by atoms with van der Waals surface area (Å²) < 4.78 is 5.23. The number of benzene rings is 2. The van der Waals surface area contributed by atoms with E-state index in [1.54, 1.807) is 7.11 Å². The molecule has 2 nitrogen and oxygen atoms in total. The molecule has 1 unspecified atom stereocenters. The highest BCUT2D eigenvalue weighted by atomic mass is 16.5. The predicted octanol–water partition coefficient (Wildman–Crippen LogP) is 3.59.